The molecule has 6 heteroatoms. The molecule has 0 N–H and O–H groups in total. The zero-order chi connectivity index (χ0) is 24.1. The monoisotopic (exact) mass is 528 g/mol. The van der Waals surface area contributed by atoms with Crippen molar-refractivity contribution in [2.75, 3.05) is 0 Å². The molecule has 0 spiro atoms. The van der Waals surface area contributed by atoms with Gasteiger partial charge in [0.05, 0.1) is 26.7 Å². The highest BCUT2D eigenvalue weighted by Crippen LogP contribution is 2.37. The highest BCUT2D eigenvalue weighted by molar-refractivity contribution is 6.42. The lowest BCUT2D eigenvalue weighted by atomic mass is 9.80. The Balaban J connectivity index is 1.83. The Morgan fingerprint density at radius 2 is 1.18 bits per heavy atom. The zero-order valence-corrected chi connectivity index (χ0v) is 21.0. The normalized spacial score (nSPS) is 12.8. The van der Waals surface area contributed by atoms with E-state index in [1.54, 1.807) is 36.4 Å². The predicted octanol–water partition coefficient (Wildman–Crippen LogP) is 8.84. The number of ketones is 1. The van der Waals surface area contributed by atoms with Crippen molar-refractivity contribution < 1.29 is 9.53 Å². The lowest BCUT2D eigenvalue weighted by Gasteiger charge is -2.34. The van der Waals surface area contributed by atoms with Gasteiger partial charge in [0, 0.05) is 12.0 Å². The third-order valence-corrected chi connectivity index (χ3v) is 7.03. The standard InChI is InChI=1S/C28H20Cl4O2/c29-23-13-11-19(15-25(23)31)17-28(22-9-5-2-6-10-22,27(33)21-7-3-1-4-8-21)34-18-20-12-14-24(30)26(32)16-20/h1-16H,17-18H2. The molecule has 0 amide bonds. The number of ether oxygens (including phenoxy) is 1. The molecule has 34 heavy (non-hydrogen) atoms. The van der Waals surface area contributed by atoms with Crippen molar-refractivity contribution in [3.8, 4) is 0 Å². The van der Waals surface area contributed by atoms with Gasteiger partial charge in [0.15, 0.2) is 11.4 Å². The molecule has 0 aromatic heterocycles. The maximum Gasteiger partial charge on any atom is 0.199 e. The molecule has 172 valence electrons. The quantitative estimate of drug-likeness (QED) is 0.213. The van der Waals surface area contributed by atoms with Gasteiger partial charge in [-0.25, -0.2) is 0 Å². The van der Waals surface area contributed by atoms with Crippen LogP contribution in [-0.4, -0.2) is 5.78 Å². The van der Waals surface area contributed by atoms with Crippen LogP contribution in [0.3, 0.4) is 0 Å². The summed E-state index contributed by atoms with van der Waals surface area (Å²) < 4.78 is 6.56. The SMILES string of the molecule is O=C(c1ccccc1)C(Cc1ccc(Cl)c(Cl)c1)(OCc1ccc(Cl)c(Cl)c1)c1ccccc1. The molecule has 0 heterocycles. The predicted molar refractivity (Wildman–Crippen MR) is 140 cm³/mol. The smallest absolute Gasteiger partial charge is 0.199 e. The molecule has 4 aromatic rings. The second kappa shape index (κ2) is 10.9. The summed E-state index contributed by atoms with van der Waals surface area (Å²) in [5, 5.41) is 1.74. The van der Waals surface area contributed by atoms with Crippen molar-refractivity contribution in [2.24, 2.45) is 0 Å². The van der Waals surface area contributed by atoms with E-state index in [-0.39, 0.29) is 18.8 Å². The number of hydrogen-bond acceptors (Lipinski definition) is 2. The molecule has 2 nitrogen and oxygen atoms in total. The average Bonchev–Trinajstić information content (AvgIpc) is 2.86. The van der Waals surface area contributed by atoms with E-state index >= 15 is 0 Å². The van der Waals surface area contributed by atoms with Gasteiger partial charge in [-0.15, -0.1) is 0 Å². The topological polar surface area (TPSA) is 26.3 Å². The molecular formula is C28H20Cl4O2. The number of rotatable bonds is 8. The van der Waals surface area contributed by atoms with Gasteiger partial charge in [-0.2, -0.15) is 0 Å². The molecule has 4 rings (SSSR count). The van der Waals surface area contributed by atoms with Gasteiger partial charge in [0.2, 0.25) is 0 Å². The van der Waals surface area contributed by atoms with Crippen LogP contribution in [-0.2, 0) is 23.4 Å². The molecule has 0 fully saturated rings. The molecule has 4 aromatic carbocycles. The molecule has 0 aliphatic heterocycles. The van der Waals surface area contributed by atoms with Crippen LogP contribution in [0.15, 0.2) is 97.1 Å². The molecular weight excluding hydrogens is 510 g/mol. The van der Waals surface area contributed by atoms with Crippen molar-refractivity contribution in [2.45, 2.75) is 18.6 Å². The molecule has 1 unspecified atom stereocenters. The van der Waals surface area contributed by atoms with Gasteiger partial charge in [0.1, 0.15) is 0 Å². The Morgan fingerprint density at radius 3 is 1.76 bits per heavy atom. The summed E-state index contributed by atoms with van der Waals surface area (Å²) in [6.45, 7) is 0.145. The largest absolute Gasteiger partial charge is 0.357 e. The molecule has 1 atom stereocenters. The van der Waals surface area contributed by atoms with Gasteiger partial charge in [0.25, 0.3) is 0 Å². The maximum atomic E-state index is 14.1. The highest BCUT2D eigenvalue weighted by Gasteiger charge is 2.42. The fourth-order valence-corrected chi connectivity index (χ4v) is 4.46. The molecule has 0 radical (unpaired) electrons. The lowest BCUT2D eigenvalue weighted by molar-refractivity contribution is -0.0392. The second-order valence-electron chi connectivity index (χ2n) is 7.85. The number of carbonyl (C=O) groups excluding carboxylic acids is 1. The van der Waals surface area contributed by atoms with E-state index < -0.39 is 5.60 Å². The minimum absolute atomic E-state index is 0.145. The van der Waals surface area contributed by atoms with Crippen LogP contribution in [0.25, 0.3) is 0 Å². The molecule has 0 bridgehead atoms. The average molecular weight is 530 g/mol. The Morgan fingerprint density at radius 1 is 0.647 bits per heavy atom. The van der Waals surface area contributed by atoms with E-state index in [0.29, 0.717) is 25.7 Å². The van der Waals surface area contributed by atoms with E-state index in [1.165, 1.54) is 0 Å². The first-order valence-electron chi connectivity index (χ1n) is 10.6. The first-order chi connectivity index (χ1) is 16.4. The van der Waals surface area contributed by atoms with Crippen LogP contribution in [0, 0.1) is 0 Å². The molecule has 0 saturated carbocycles. The fraction of sp³-hybridized carbons (Fsp3) is 0.107. The summed E-state index contributed by atoms with van der Waals surface area (Å²) >= 11 is 24.7. The number of halogens is 4. The van der Waals surface area contributed by atoms with E-state index in [1.807, 2.05) is 60.7 Å². The van der Waals surface area contributed by atoms with Crippen molar-refractivity contribution in [3.05, 3.63) is 139 Å². The minimum atomic E-state index is -1.33. The summed E-state index contributed by atoms with van der Waals surface area (Å²) in [6, 6.07) is 29.2. The second-order valence-corrected chi connectivity index (χ2v) is 9.48. The van der Waals surface area contributed by atoms with Crippen LogP contribution < -0.4 is 0 Å². The van der Waals surface area contributed by atoms with E-state index in [4.69, 9.17) is 51.1 Å². The van der Waals surface area contributed by atoms with Gasteiger partial charge < -0.3 is 4.74 Å². The first-order valence-corrected chi connectivity index (χ1v) is 12.1. The summed E-state index contributed by atoms with van der Waals surface area (Å²) in [4.78, 5) is 14.1. The van der Waals surface area contributed by atoms with Crippen molar-refractivity contribution in [1.82, 2.24) is 0 Å². The Kier molecular flexibility index (Phi) is 7.98. The third-order valence-electron chi connectivity index (χ3n) is 5.55. The van der Waals surface area contributed by atoms with Crippen molar-refractivity contribution >= 4 is 52.2 Å². The minimum Gasteiger partial charge on any atom is -0.357 e. The summed E-state index contributed by atoms with van der Waals surface area (Å²) in [6.07, 6.45) is 0.253. The van der Waals surface area contributed by atoms with Gasteiger partial charge in [-0.1, -0.05) is 119 Å². The zero-order valence-electron chi connectivity index (χ0n) is 18.0. The number of hydrogen-bond donors (Lipinski definition) is 0. The van der Waals surface area contributed by atoms with Crippen LogP contribution in [0.2, 0.25) is 20.1 Å². The molecule has 0 aliphatic rings. The van der Waals surface area contributed by atoms with Crippen LogP contribution in [0.1, 0.15) is 27.0 Å². The molecule has 0 saturated heterocycles. The van der Waals surface area contributed by atoms with Crippen LogP contribution in [0.4, 0.5) is 0 Å². The first kappa shape index (κ1) is 24.8. The number of carbonyl (C=O) groups is 1. The summed E-state index contributed by atoms with van der Waals surface area (Å²) in [5.74, 6) is -0.162. The van der Waals surface area contributed by atoms with E-state index in [2.05, 4.69) is 0 Å². The lowest BCUT2D eigenvalue weighted by Crippen LogP contribution is -2.41. The van der Waals surface area contributed by atoms with Crippen LogP contribution >= 0.6 is 46.4 Å². The van der Waals surface area contributed by atoms with Gasteiger partial charge in [-0.3, -0.25) is 4.79 Å². The fourth-order valence-electron chi connectivity index (χ4n) is 3.82. The van der Waals surface area contributed by atoms with Crippen molar-refractivity contribution in [1.29, 1.82) is 0 Å². The number of Topliss-reactive ketones (excluding diaryl/α,β-unsaturated/α-hetero) is 1. The highest BCUT2D eigenvalue weighted by atomic mass is 35.5. The summed E-state index contributed by atoms with van der Waals surface area (Å²) in [5.41, 5.74) is 1.56. The maximum absolute atomic E-state index is 14.1. The third kappa shape index (κ3) is 5.49. The Hall–Kier alpha value is -2.33. The van der Waals surface area contributed by atoms with E-state index in [9.17, 15) is 4.79 Å². The van der Waals surface area contributed by atoms with Crippen LogP contribution in [0.5, 0.6) is 0 Å². The van der Waals surface area contributed by atoms with E-state index in [0.717, 1.165) is 16.7 Å². The van der Waals surface area contributed by atoms with Gasteiger partial charge >= 0.3 is 0 Å². The summed E-state index contributed by atoms with van der Waals surface area (Å²) in [7, 11) is 0. The van der Waals surface area contributed by atoms with Gasteiger partial charge in [-0.05, 0) is 41.0 Å². The van der Waals surface area contributed by atoms with Crippen molar-refractivity contribution in [3.63, 3.8) is 0 Å². The Bertz CT molecular complexity index is 1290. The molecule has 0 aliphatic carbocycles. The number of benzene rings is 4. The Labute approximate surface area is 219 Å².